The van der Waals surface area contributed by atoms with Crippen LogP contribution in [-0.4, -0.2) is 44.2 Å². The van der Waals surface area contributed by atoms with Gasteiger partial charge in [-0.25, -0.2) is 0 Å². The minimum atomic E-state index is 0.0161. The van der Waals surface area contributed by atoms with Crippen molar-refractivity contribution in [1.82, 2.24) is 4.90 Å². The van der Waals surface area contributed by atoms with Crippen molar-refractivity contribution >= 4 is 17.3 Å². The maximum absolute atomic E-state index is 9.27. The van der Waals surface area contributed by atoms with Crippen molar-refractivity contribution in [2.24, 2.45) is 0 Å². The van der Waals surface area contributed by atoms with E-state index in [9.17, 15) is 5.11 Å². The number of aliphatic hydroxyl groups is 1. The largest absolute Gasteiger partial charge is 0.392 e. The Bertz CT molecular complexity index is 342. The molecule has 0 aromatic heterocycles. The summed E-state index contributed by atoms with van der Waals surface area (Å²) in [6.45, 7) is 1.91. The lowest BCUT2D eigenvalue weighted by Gasteiger charge is -2.23. The van der Waals surface area contributed by atoms with E-state index in [1.54, 1.807) is 0 Å². The third kappa shape index (κ3) is 3.67. The first kappa shape index (κ1) is 13.3. The highest BCUT2D eigenvalue weighted by atomic mass is 35.5. The van der Waals surface area contributed by atoms with Gasteiger partial charge in [-0.1, -0.05) is 11.6 Å². The van der Waals surface area contributed by atoms with E-state index in [1.165, 1.54) is 0 Å². The number of benzene rings is 1. The fourth-order valence-corrected chi connectivity index (χ4v) is 1.72. The van der Waals surface area contributed by atoms with Crippen molar-refractivity contribution in [1.29, 1.82) is 0 Å². The molecular weight excluding hydrogens is 224 g/mol. The number of nitrogens with zero attached hydrogens (tertiary/aromatic N) is 2. The molecule has 4 heteroatoms. The van der Waals surface area contributed by atoms with Crippen molar-refractivity contribution in [2.75, 3.05) is 39.1 Å². The minimum absolute atomic E-state index is 0.0161. The predicted octanol–water partition coefficient (Wildman–Crippen LogP) is 1.83. The first-order valence-corrected chi connectivity index (χ1v) is 5.67. The van der Waals surface area contributed by atoms with Crippen LogP contribution >= 0.6 is 11.6 Å². The average molecular weight is 243 g/mol. The predicted molar refractivity (Wildman–Crippen MR) is 69.2 cm³/mol. The highest BCUT2D eigenvalue weighted by Gasteiger charge is 2.07. The number of likely N-dealkylation sites (N-methyl/N-ethyl adjacent to an activating group) is 2. The van der Waals surface area contributed by atoms with Gasteiger partial charge in [-0.3, -0.25) is 0 Å². The van der Waals surface area contributed by atoms with E-state index in [-0.39, 0.29) is 6.61 Å². The smallest absolute Gasteiger partial charge is 0.0702 e. The van der Waals surface area contributed by atoms with Crippen molar-refractivity contribution in [3.8, 4) is 0 Å². The van der Waals surface area contributed by atoms with Crippen molar-refractivity contribution in [3.05, 3.63) is 28.8 Å². The fourth-order valence-electron chi connectivity index (χ4n) is 1.52. The summed E-state index contributed by atoms with van der Waals surface area (Å²) in [4.78, 5) is 4.26. The molecule has 0 amide bonds. The van der Waals surface area contributed by atoms with E-state index in [4.69, 9.17) is 11.6 Å². The van der Waals surface area contributed by atoms with Gasteiger partial charge >= 0.3 is 0 Å². The van der Waals surface area contributed by atoms with Crippen LogP contribution in [-0.2, 0) is 6.61 Å². The maximum Gasteiger partial charge on any atom is 0.0702 e. The van der Waals surface area contributed by atoms with Gasteiger partial charge in [-0.2, -0.15) is 0 Å². The van der Waals surface area contributed by atoms with Gasteiger partial charge in [-0.15, -0.1) is 0 Å². The number of hydrogen-bond donors (Lipinski definition) is 1. The topological polar surface area (TPSA) is 26.7 Å². The molecule has 1 rings (SSSR count). The quantitative estimate of drug-likeness (QED) is 0.854. The second kappa shape index (κ2) is 6.09. The number of halogens is 1. The summed E-state index contributed by atoms with van der Waals surface area (Å²) in [5.41, 5.74) is 1.91. The average Bonchev–Trinajstić information content (AvgIpc) is 2.25. The van der Waals surface area contributed by atoms with Crippen LogP contribution in [0.15, 0.2) is 18.2 Å². The van der Waals surface area contributed by atoms with Crippen molar-refractivity contribution < 1.29 is 5.11 Å². The molecule has 0 atom stereocenters. The monoisotopic (exact) mass is 242 g/mol. The van der Waals surface area contributed by atoms with Gasteiger partial charge in [-0.05, 0) is 32.3 Å². The SMILES string of the molecule is CN(C)CCN(C)c1ccc(Cl)cc1CO. The van der Waals surface area contributed by atoms with Gasteiger partial charge in [0, 0.05) is 36.4 Å². The fraction of sp³-hybridized carbons (Fsp3) is 0.500. The lowest BCUT2D eigenvalue weighted by Crippen LogP contribution is -2.29. The van der Waals surface area contributed by atoms with Gasteiger partial charge in [0.25, 0.3) is 0 Å². The molecule has 16 heavy (non-hydrogen) atoms. The summed E-state index contributed by atoms with van der Waals surface area (Å²) < 4.78 is 0. The van der Waals surface area contributed by atoms with Gasteiger partial charge in [0.1, 0.15) is 0 Å². The molecule has 0 unspecified atom stereocenters. The van der Waals surface area contributed by atoms with Crippen LogP contribution in [0.2, 0.25) is 5.02 Å². The van der Waals surface area contributed by atoms with Crippen LogP contribution in [0, 0.1) is 0 Å². The summed E-state index contributed by atoms with van der Waals surface area (Å²) in [6.07, 6.45) is 0. The zero-order valence-corrected chi connectivity index (χ0v) is 10.8. The highest BCUT2D eigenvalue weighted by molar-refractivity contribution is 6.30. The Morgan fingerprint density at radius 1 is 1.19 bits per heavy atom. The van der Waals surface area contributed by atoms with Crippen LogP contribution in [0.5, 0.6) is 0 Å². The van der Waals surface area contributed by atoms with E-state index >= 15 is 0 Å². The van der Waals surface area contributed by atoms with E-state index in [0.717, 1.165) is 24.3 Å². The minimum Gasteiger partial charge on any atom is -0.392 e. The van der Waals surface area contributed by atoms with Crippen LogP contribution in [0.4, 0.5) is 5.69 Å². The normalized spacial score (nSPS) is 10.9. The van der Waals surface area contributed by atoms with Crippen LogP contribution in [0.3, 0.4) is 0 Å². The molecule has 90 valence electrons. The van der Waals surface area contributed by atoms with Gasteiger partial charge in [0.05, 0.1) is 6.61 Å². The van der Waals surface area contributed by atoms with E-state index in [0.29, 0.717) is 5.02 Å². The molecule has 0 aliphatic carbocycles. The molecule has 0 heterocycles. The Kier molecular flexibility index (Phi) is 5.06. The molecule has 1 aromatic rings. The number of hydrogen-bond acceptors (Lipinski definition) is 3. The third-order valence-corrected chi connectivity index (χ3v) is 2.74. The van der Waals surface area contributed by atoms with Gasteiger partial charge < -0.3 is 14.9 Å². The molecule has 0 aliphatic rings. The summed E-state index contributed by atoms with van der Waals surface area (Å²) in [5.74, 6) is 0. The Morgan fingerprint density at radius 2 is 1.88 bits per heavy atom. The standard InChI is InChI=1S/C12H19ClN2O/c1-14(2)6-7-15(3)12-5-4-11(13)8-10(12)9-16/h4-5,8,16H,6-7,9H2,1-3H3. The first-order chi connectivity index (χ1) is 7.54. The molecule has 0 saturated heterocycles. The van der Waals surface area contributed by atoms with Crippen LogP contribution in [0.25, 0.3) is 0 Å². The third-order valence-electron chi connectivity index (χ3n) is 2.51. The summed E-state index contributed by atoms with van der Waals surface area (Å²) in [6, 6.07) is 5.61. The molecule has 0 fully saturated rings. The summed E-state index contributed by atoms with van der Waals surface area (Å²) in [7, 11) is 6.11. The molecular formula is C12H19ClN2O. The van der Waals surface area contributed by atoms with Crippen LogP contribution < -0.4 is 4.90 Å². The van der Waals surface area contributed by atoms with Crippen LogP contribution in [0.1, 0.15) is 5.56 Å². The number of aliphatic hydroxyl groups excluding tert-OH is 1. The molecule has 0 aliphatic heterocycles. The molecule has 0 bridgehead atoms. The van der Waals surface area contributed by atoms with Crippen molar-refractivity contribution in [3.63, 3.8) is 0 Å². The lowest BCUT2D eigenvalue weighted by molar-refractivity contribution is 0.282. The maximum atomic E-state index is 9.27. The first-order valence-electron chi connectivity index (χ1n) is 5.29. The molecule has 3 nitrogen and oxygen atoms in total. The molecule has 1 N–H and O–H groups in total. The lowest BCUT2D eigenvalue weighted by atomic mass is 10.1. The second-order valence-corrected chi connectivity index (χ2v) is 4.59. The molecule has 0 saturated carbocycles. The van der Waals surface area contributed by atoms with E-state index in [2.05, 4.69) is 9.80 Å². The summed E-state index contributed by atoms with van der Waals surface area (Å²) >= 11 is 5.89. The molecule has 1 aromatic carbocycles. The zero-order chi connectivity index (χ0) is 12.1. The molecule has 0 spiro atoms. The Hall–Kier alpha value is -0.770. The number of anilines is 1. The Balaban J connectivity index is 2.77. The Morgan fingerprint density at radius 3 is 2.44 bits per heavy atom. The second-order valence-electron chi connectivity index (χ2n) is 4.16. The Labute approximate surface area is 102 Å². The van der Waals surface area contributed by atoms with Gasteiger partial charge in [0.2, 0.25) is 0 Å². The summed E-state index contributed by atoms with van der Waals surface area (Å²) in [5, 5.41) is 9.93. The van der Waals surface area contributed by atoms with Gasteiger partial charge in [0.15, 0.2) is 0 Å². The number of rotatable bonds is 5. The van der Waals surface area contributed by atoms with E-state index < -0.39 is 0 Å². The molecule has 0 radical (unpaired) electrons. The highest BCUT2D eigenvalue weighted by Crippen LogP contribution is 2.23. The van der Waals surface area contributed by atoms with E-state index in [1.807, 2.05) is 39.3 Å². The zero-order valence-electron chi connectivity index (χ0n) is 10.1. The van der Waals surface area contributed by atoms with Crippen molar-refractivity contribution in [2.45, 2.75) is 6.61 Å².